The van der Waals surface area contributed by atoms with Crippen molar-refractivity contribution in [2.75, 3.05) is 11.9 Å². The van der Waals surface area contributed by atoms with Gasteiger partial charge in [0.1, 0.15) is 0 Å². The Morgan fingerprint density at radius 1 is 1.17 bits per heavy atom. The minimum atomic E-state index is -0.726. The quantitative estimate of drug-likeness (QED) is 0.617. The number of urea groups is 1. The molecule has 1 atom stereocenters. The first-order valence-corrected chi connectivity index (χ1v) is 8.67. The number of benzene rings is 1. The summed E-state index contributed by atoms with van der Waals surface area (Å²) >= 11 is 0. The highest BCUT2D eigenvalue weighted by Gasteiger charge is 2.26. The summed E-state index contributed by atoms with van der Waals surface area (Å²) in [5.41, 5.74) is 1.03. The van der Waals surface area contributed by atoms with Crippen molar-refractivity contribution in [3.8, 4) is 0 Å². The lowest BCUT2D eigenvalue weighted by atomic mass is 9.86. The van der Waals surface area contributed by atoms with E-state index in [4.69, 9.17) is 5.11 Å². The molecule has 2 rings (SSSR count). The Morgan fingerprint density at radius 2 is 1.83 bits per heavy atom. The van der Waals surface area contributed by atoms with Gasteiger partial charge in [-0.05, 0) is 44.2 Å². The maximum Gasteiger partial charge on any atom is 0.315 e. The summed E-state index contributed by atoms with van der Waals surface area (Å²) in [5, 5.41) is 18.3. The SMILES string of the molecule is CCC(CNc1ccccc1)NC(=O)NC1CCC(C(=O)O)CC1. The Labute approximate surface area is 143 Å². The summed E-state index contributed by atoms with van der Waals surface area (Å²) in [6.45, 7) is 2.70. The predicted octanol–water partition coefficient (Wildman–Crippen LogP) is 2.82. The number of amides is 2. The highest BCUT2D eigenvalue weighted by molar-refractivity contribution is 5.75. The first kappa shape index (κ1) is 18.1. The average Bonchev–Trinajstić information content (AvgIpc) is 2.60. The van der Waals surface area contributed by atoms with Crippen LogP contribution in [0.5, 0.6) is 0 Å². The van der Waals surface area contributed by atoms with Gasteiger partial charge in [0.25, 0.3) is 0 Å². The number of carbonyl (C=O) groups is 2. The number of carboxylic acid groups (broad SMARTS) is 1. The second-order valence-corrected chi connectivity index (χ2v) is 6.36. The third kappa shape index (κ3) is 5.76. The van der Waals surface area contributed by atoms with Gasteiger partial charge in [0.05, 0.1) is 5.92 Å². The third-order valence-electron chi connectivity index (χ3n) is 4.57. The Morgan fingerprint density at radius 3 is 2.42 bits per heavy atom. The van der Waals surface area contributed by atoms with Gasteiger partial charge in [0.15, 0.2) is 0 Å². The van der Waals surface area contributed by atoms with E-state index >= 15 is 0 Å². The molecule has 0 radical (unpaired) electrons. The van der Waals surface area contributed by atoms with Crippen LogP contribution in [0.2, 0.25) is 0 Å². The number of hydrogen-bond acceptors (Lipinski definition) is 3. The summed E-state index contributed by atoms with van der Waals surface area (Å²) in [6, 6.07) is 9.83. The van der Waals surface area contributed by atoms with Crippen LogP contribution in [0.15, 0.2) is 30.3 Å². The fourth-order valence-electron chi connectivity index (χ4n) is 2.99. The molecule has 0 saturated heterocycles. The molecule has 2 amide bonds. The minimum Gasteiger partial charge on any atom is -0.481 e. The second-order valence-electron chi connectivity index (χ2n) is 6.36. The first-order valence-electron chi connectivity index (χ1n) is 8.67. The van der Waals surface area contributed by atoms with Gasteiger partial charge in [0, 0.05) is 24.3 Å². The second kappa shape index (κ2) is 9.15. The normalized spacial score (nSPS) is 21.5. The number of hydrogen-bond donors (Lipinski definition) is 4. The van der Waals surface area contributed by atoms with Crippen LogP contribution in [0.4, 0.5) is 10.5 Å². The van der Waals surface area contributed by atoms with Gasteiger partial charge in [0.2, 0.25) is 0 Å². The topological polar surface area (TPSA) is 90.5 Å². The van der Waals surface area contributed by atoms with Crippen LogP contribution in [0, 0.1) is 5.92 Å². The molecule has 0 spiro atoms. The molecule has 132 valence electrons. The molecule has 1 aromatic carbocycles. The molecule has 1 aliphatic rings. The molecule has 24 heavy (non-hydrogen) atoms. The lowest BCUT2D eigenvalue weighted by Crippen LogP contribution is -2.49. The summed E-state index contributed by atoms with van der Waals surface area (Å²) < 4.78 is 0. The largest absolute Gasteiger partial charge is 0.481 e. The van der Waals surface area contributed by atoms with Crippen LogP contribution in [0.3, 0.4) is 0 Å². The molecule has 6 nitrogen and oxygen atoms in total. The van der Waals surface area contributed by atoms with Gasteiger partial charge in [-0.2, -0.15) is 0 Å². The monoisotopic (exact) mass is 333 g/mol. The molecule has 1 aliphatic carbocycles. The van der Waals surface area contributed by atoms with Crippen LogP contribution in [0.1, 0.15) is 39.0 Å². The zero-order valence-corrected chi connectivity index (χ0v) is 14.1. The fourth-order valence-corrected chi connectivity index (χ4v) is 2.99. The number of carboxylic acids is 1. The van der Waals surface area contributed by atoms with Crippen molar-refractivity contribution in [2.45, 2.75) is 51.1 Å². The van der Waals surface area contributed by atoms with Crippen molar-refractivity contribution in [2.24, 2.45) is 5.92 Å². The molecule has 0 aliphatic heterocycles. The van der Waals surface area contributed by atoms with Gasteiger partial charge in [-0.15, -0.1) is 0 Å². The van der Waals surface area contributed by atoms with E-state index in [9.17, 15) is 9.59 Å². The molecule has 4 N–H and O–H groups in total. The lowest BCUT2D eigenvalue weighted by molar-refractivity contribution is -0.142. The van der Waals surface area contributed by atoms with E-state index in [1.165, 1.54) is 0 Å². The Bertz CT molecular complexity index is 528. The van der Waals surface area contributed by atoms with Gasteiger partial charge in [-0.3, -0.25) is 4.79 Å². The lowest BCUT2D eigenvalue weighted by Gasteiger charge is -2.28. The summed E-state index contributed by atoms with van der Waals surface area (Å²) in [4.78, 5) is 23.1. The van der Waals surface area contributed by atoms with Crippen LogP contribution in [0.25, 0.3) is 0 Å². The van der Waals surface area contributed by atoms with E-state index in [0.29, 0.717) is 19.4 Å². The molecule has 6 heteroatoms. The van der Waals surface area contributed by atoms with Gasteiger partial charge >= 0.3 is 12.0 Å². The molecule has 0 heterocycles. The van der Waals surface area contributed by atoms with E-state index in [-0.39, 0.29) is 24.0 Å². The van der Waals surface area contributed by atoms with Crippen molar-refractivity contribution in [1.29, 1.82) is 0 Å². The average molecular weight is 333 g/mol. The molecule has 1 fully saturated rings. The number of para-hydroxylation sites is 1. The summed E-state index contributed by atoms with van der Waals surface area (Å²) in [7, 11) is 0. The Kier molecular flexibility index (Phi) is 6.90. The van der Waals surface area contributed by atoms with Crippen LogP contribution < -0.4 is 16.0 Å². The van der Waals surface area contributed by atoms with E-state index in [0.717, 1.165) is 24.9 Å². The zero-order chi connectivity index (χ0) is 17.4. The zero-order valence-electron chi connectivity index (χ0n) is 14.1. The van der Waals surface area contributed by atoms with Crippen molar-refractivity contribution in [1.82, 2.24) is 10.6 Å². The molecule has 1 saturated carbocycles. The molecule has 0 aromatic heterocycles. The highest BCUT2D eigenvalue weighted by atomic mass is 16.4. The van der Waals surface area contributed by atoms with Crippen LogP contribution in [-0.2, 0) is 4.79 Å². The van der Waals surface area contributed by atoms with Crippen LogP contribution >= 0.6 is 0 Å². The molecular formula is C18H27N3O3. The number of carbonyl (C=O) groups excluding carboxylic acids is 1. The maximum atomic E-state index is 12.1. The standard InChI is InChI=1S/C18H27N3O3/c1-2-14(12-19-15-6-4-3-5-7-15)20-18(24)21-16-10-8-13(9-11-16)17(22)23/h3-7,13-14,16,19H,2,8-12H2,1H3,(H,22,23)(H2,20,21,24). The number of nitrogens with one attached hydrogen (secondary N) is 3. The van der Waals surface area contributed by atoms with E-state index in [2.05, 4.69) is 16.0 Å². The molecular weight excluding hydrogens is 306 g/mol. The molecule has 0 bridgehead atoms. The highest BCUT2D eigenvalue weighted by Crippen LogP contribution is 2.24. The van der Waals surface area contributed by atoms with E-state index in [1.54, 1.807) is 0 Å². The molecule has 1 aromatic rings. The smallest absolute Gasteiger partial charge is 0.315 e. The number of anilines is 1. The van der Waals surface area contributed by atoms with Crippen LogP contribution in [-0.4, -0.2) is 35.7 Å². The third-order valence-corrected chi connectivity index (χ3v) is 4.57. The van der Waals surface area contributed by atoms with E-state index < -0.39 is 5.97 Å². The number of aliphatic carboxylic acids is 1. The Hall–Kier alpha value is -2.24. The summed E-state index contributed by atoms with van der Waals surface area (Å²) in [5.74, 6) is -0.986. The van der Waals surface area contributed by atoms with Gasteiger partial charge < -0.3 is 21.1 Å². The van der Waals surface area contributed by atoms with Crippen molar-refractivity contribution >= 4 is 17.7 Å². The minimum absolute atomic E-state index is 0.0422. The number of rotatable bonds is 7. The van der Waals surface area contributed by atoms with Gasteiger partial charge in [-0.25, -0.2) is 4.79 Å². The Balaban J connectivity index is 1.71. The first-order chi connectivity index (χ1) is 11.6. The maximum absolute atomic E-state index is 12.1. The fraction of sp³-hybridized carbons (Fsp3) is 0.556. The van der Waals surface area contributed by atoms with E-state index in [1.807, 2.05) is 37.3 Å². The summed E-state index contributed by atoms with van der Waals surface area (Å²) in [6.07, 6.45) is 3.55. The predicted molar refractivity (Wildman–Crippen MR) is 94.1 cm³/mol. The molecule has 1 unspecified atom stereocenters. The van der Waals surface area contributed by atoms with Crippen molar-refractivity contribution < 1.29 is 14.7 Å². The van der Waals surface area contributed by atoms with Crippen molar-refractivity contribution in [3.63, 3.8) is 0 Å². The van der Waals surface area contributed by atoms with Crippen molar-refractivity contribution in [3.05, 3.63) is 30.3 Å². The van der Waals surface area contributed by atoms with Gasteiger partial charge in [-0.1, -0.05) is 25.1 Å².